The predicted molar refractivity (Wildman–Crippen MR) is 42.3 cm³/mol. The van der Waals surface area contributed by atoms with Gasteiger partial charge in [-0.05, 0) is 18.1 Å². The van der Waals surface area contributed by atoms with Crippen molar-refractivity contribution in [1.29, 1.82) is 0 Å². The minimum absolute atomic E-state index is 0.266. The zero-order valence-electron chi connectivity index (χ0n) is 6.66. The Balaban J connectivity index is 2.78. The van der Waals surface area contributed by atoms with Gasteiger partial charge < -0.3 is 0 Å². The van der Waals surface area contributed by atoms with E-state index in [1.54, 1.807) is 16.7 Å². The van der Waals surface area contributed by atoms with E-state index in [0.29, 0.717) is 17.6 Å². The minimum Gasteiger partial charge on any atom is -0.287 e. The second kappa shape index (κ2) is 2.55. The largest absolute Gasteiger partial charge is 0.287 e. The highest BCUT2D eigenvalue weighted by atomic mass is 19.1. The first kappa shape index (κ1) is 7.21. The minimum atomic E-state index is -0.266. The van der Waals surface area contributed by atoms with E-state index >= 15 is 0 Å². The summed E-state index contributed by atoms with van der Waals surface area (Å²) >= 11 is 0. The molecule has 62 valence electrons. The van der Waals surface area contributed by atoms with Crippen LogP contribution in [0.3, 0.4) is 0 Å². The van der Waals surface area contributed by atoms with Gasteiger partial charge in [-0.1, -0.05) is 6.92 Å². The fourth-order valence-corrected chi connectivity index (χ4v) is 1.17. The van der Waals surface area contributed by atoms with Crippen molar-refractivity contribution in [3.05, 3.63) is 30.0 Å². The van der Waals surface area contributed by atoms with Gasteiger partial charge in [-0.25, -0.2) is 4.39 Å². The lowest BCUT2D eigenvalue weighted by Crippen LogP contribution is -1.93. The van der Waals surface area contributed by atoms with Crippen LogP contribution in [0.5, 0.6) is 0 Å². The molecule has 0 N–H and O–H groups in total. The van der Waals surface area contributed by atoms with Crippen LogP contribution in [-0.2, 0) is 6.42 Å². The first-order valence-electron chi connectivity index (χ1n) is 3.79. The number of nitrogens with zero attached hydrogens (tertiary/aromatic N) is 3. The van der Waals surface area contributed by atoms with Gasteiger partial charge in [-0.3, -0.25) is 4.40 Å². The van der Waals surface area contributed by atoms with Gasteiger partial charge in [-0.2, -0.15) is 0 Å². The van der Waals surface area contributed by atoms with Crippen LogP contribution < -0.4 is 0 Å². The van der Waals surface area contributed by atoms with E-state index in [4.69, 9.17) is 0 Å². The summed E-state index contributed by atoms with van der Waals surface area (Å²) in [4.78, 5) is 0. The maximum Gasteiger partial charge on any atom is 0.196 e. The lowest BCUT2D eigenvalue weighted by atomic mass is 10.2. The summed E-state index contributed by atoms with van der Waals surface area (Å²) in [6.07, 6.45) is 3.92. The molecule has 0 spiro atoms. The molecule has 0 atom stereocenters. The quantitative estimate of drug-likeness (QED) is 0.639. The third kappa shape index (κ3) is 0.879. The third-order valence-corrected chi connectivity index (χ3v) is 1.87. The van der Waals surface area contributed by atoms with Crippen LogP contribution in [0.25, 0.3) is 5.65 Å². The molecule has 0 saturated carbocycles. The van der Waals surface area contributed by atoms with Crippen molar-refractivity contribution in [1.82, 2.24) is 14.6 Å². The molecule has 0 aliphatic rings. The van der Waals surface area contributed by atoms with Crippen LogP contribution in [0.15, 0.2) is 18.6 Å². The molecule has 0 saturated heterocycles. The van der Waals surface area contributed by atoms with E-state index in [1.807, 2.05) is 6.92 Å². The molecule has 2 heterocycles. The van der Waals surface area contributed by atoms with Gasteiger partial charge in [0.15, 0.2) is 11.5 Å². The highest BCUT2D eigenvalue weighted by Gasteiger charge is 2.06. The van der Waals surface area contributed by atoms with Crippen LogP contribution in [0, 0.1) is 5.82 Å². The molecule has 3 nitrogen and oxygen atoms in total. The summed E-state index contributed by atoms with van der Waals surface area (Å²) in [5, 5.41) is 7.28. The van der Waals surface area contributed by atoms with Crippen LogP contribution in [0.4, 0.5) is 4.39 Å². The predicted octanol–water partition coefficient (Wildman–Crippen LogP) is 1.43. The molecule has 0 unspecified atom stereocenters. The number of halogens is 1. The fourth-order valence-electron chi connectivity index (χ4n) is 1.17. The Hall–Kier alpha value is -1.45. The number of fused-ring (bicyclic) bond motifs is 1. The summed E-state index contributed by atoms with van der Waals surface area (Å²) in [5.41, 5.74) is 0.977. The Morgan fingerprint density at radius 3 is 3.17 bits per heavy atom. The van der Waals surface area contributed by atoms with E-state index in [0.717, 1.165) is 0 Å². The van der Waals surface area contributed by atoms with E-state index in [1.165, 1.54) is 6.33 Å². The second-order valence-corrected chi connectivity index (χ2v) is 2.57. The smallest absolute Gasteiger partial charge is 0.196 e. The van der Waals surface area contributed by atoms with Gasteiger partial charge >= 0.3 is 0 Å². The number of aryl methyl sites for hydroxylation is 1. The van der Waals surface area contributed by atoms with Gasteiger partial charge in [0, 0.05) is 6.20 Å². The van der Waals surface area contributed by atoms with Crippen LogP contribution in [-0.4, -0.2) is 14.6 Å². The average Bonchev–Trinajstić information content (AvgIpc) is 2.53. The summed E-state index contributed by atoms with van der Waals surface area (Å²) in [5.74, 6) is -0.266. The molecule has 4 heteroatoms. The molecule has 12 heavy (non-hydrogen) atoms. The van der Waals surface area contributed by atoms with E-state index < -0.39 is 0 Å². The molecule has 0 aromatic carbocycles. The fraction of sp³-hybridized carbons (Fsp3) is 0.250. The number of aromatic nitrogens is 3. The summed E-state index contributed by atoms with van der Waals surface area (Å²) in [6.45, 7) is 1.91. The van der Waals surface area contributed by atoms with Crippen molar-refractivity contribution in [2.24, 2.45) is 0 Å². The molecule has 0 bridgehead atoms. The number of rotatable bonds is 1. The lowest BCUT2D eigenvalue weighted by Gasteiger charge is -1.99. The summed E-state index contributed by atoms with van der Waals surface area (Å²) in [6, 6.07) is 1.74. The van der Waals surface area contributed by atoms with Crippen LogP contribution in [0.2, 0.25) is 0 Å². The van der Waals surface area contributed by atoms with Crippen molar-refractivity contribution in [3.63, 3.8) is 0 Å². The van der Waals surface area contributed by atoms with E-state index in [2.05, 4.69) is 10.2 Å². The molecule has 0 fully saturated rings. The standard InChI is InChI=1S/C8H8FN3/c1-2-6-3-4-12-5-10-11-8(12)7(6)9/h3-5H,2H2,1H3. The van der Waals surface area contributed by atoms with E-state index in [9.17, 15) is 4.39 Å². The van der Waals surface area contributed by atoms with Gasteiger partial charge in [-0.15, -0.1) is 10.2 Å². The second-order valence-electron chi connectivity index (χ2n) is 2.57. The Bertz CT molecular complexity index is 408. The highest BCUT2D eigenvalue weighted by Crippen LogP contribution is 2.11. The molecule has 0 aliphatic heterocycles. The Labute approximate surface area is 68.9 Å². The molecule has 2 aromatic rings. The average molecular weight is 165 g/mol. The highest BCUT2D eigenvalue weighted by molar-refractivity contribution is 5.42. The first-order valence-corrected chi connectivity index (χ1v) is 3.79. The normalized spacial score (nSPS) is 10.8. The number of hydrogen-bond acceptors (Lipinski definition) is 2. The monoisotopic (exact) mass is 165 g/mol. The number of pyridine rings is 1. The maximum absolute atomic E-state index is 13.4. The zero-order valence-corrected chi connectivity index (χ0v) is 6.66. The third-order valence-electron chi connectivity index (χ3n) is 1.87. The molecule has 0 amide bonds. The molecule has 0 aliphatic carbocycles. The first-order chi connectivity index (χ1) is 5.83. The van der Waals surface area contributed by atoms with Crippen molar-refractivity contribution in [2.75, 3.05) is 0 Å². The van der Waals surface area contributed by atoms with Crippen molar-refractivity contribution < 1.29 is 4.39 Å². The number of hydrogen-bond donors (Lipinski definition) is 0. The van der Waals surface area contributed by atoms with Crippen LogP contribution >= 0.6 is 0 Å². The SMILES string of the molecule is CCc1ccn2cnnc2c1F. The van der Waals surface area contributed by atoms with Gasteiger partial charge in [0.05, 0.1) is 0 Å². The van der Waals surface area contributed by atoms with Gasteiger partial charge in [0.2, 0.25) is 0 Å². The molecule has 2 rings (SSSR count). The lowest BCUT2D eigenvalue weighted by molar-refractivity contribution is 0.613. The Kier molecular flexibility index (Phi) is 1.53. The molecule has 0 radical (unpaired) electrons. The zero-order chi connectivity index (χ0) is 8.55. The maximum atomic E-state index is 13.4. The van der Waals surface area contributed by atoms with Crippen molar-refractivity contribution in [2.45, 2.75) is 13.3 Å². The molecule has 2 aromatic heterocycles. The van der Waals surface area contributed by atoms with Gasteiger partial charge in [0.25, 0.3) is 0 Å². The topological polar surface area (TPSA) is 30.2 Å². The van der Waals surface area contributed by atoms with Crippen molar-refractivity contribution >= 4 is 5.65 Å². The molecular formula is C8H8FN3. The summed E-state index contributed by atoms with van der Waals surface area (Å²) in [7, 11) is 0. The van der Waals surface area contributed by atoms with Crippen LogP contribution in [0.1, 0.15) is 12.5 Å². The Morgan fingerprint density at radius 2 is 2.42 bits per heavy atom. The van der Waals surface area contributed by atoms with E-state index in [-0.39, 0.29) is 5.82 Å². The van der Waals surface area contributed by atoms with Crippen molar-refractivity contribution in [3.8, 4) is 0 Å². The van der Waals surface area contributed by atoms with Gasteiger partial charge in [0.1, 0.15) is 6.33 Å². The summed E-state index contributed by atoms with van der Waals surface area (Å²) < 4.78 is 14.9. The molecular weight excluding hydrogens is 157 g/mol. The Morgan fingerprint density at radius 1 is 1.58 bits per heavy atom.